The van der Waals surface area contributed by atoms with Crippen molar-refractivity contribution in [3.05, 3.63) is 29.6 Å². The lowest BCUT2D eigenvalue weighted by molar-refractivity contribution is -0.128. The molecular formula is C18H23N3O4. The number of esters is 1. The molecule has 1 aliphatic rings. The summed E-state index contributed by atoms with van der Waals surface area (Å²) in [5, 5.41) is 0. The van der Waals surface area contributed by atoms with E-state index in [9.17, 15) is 9.59 Å². The molecule has 7 heteroatoms. The number of aromatic amines is 1. The van der Waals surface area contributed by atoms with Crippen molar-refractivity contribution in [3.63, 3.8) is 0 Å². The molecule has 134 valence electrons. The summed E-state index contributed by atoms with van der Waals surface area (Å²) in [7, 11) is 1.31. The molecule has 2 aromatic heterocycles. The molecule has 0 radical (unpaired) electrons. The Kier molecular flexibility index (Phi) is 4.65. The Bertz CT molecular complexity index is 790. The Hall–Kier alpha value is -2.57. The van der Waals surface area contributed by atoms with Gasteiger partial charge in [0.05, 0.1) is 19.0 Å². The van der Waals surface area contributed by atoms with Gasteiger partial charge in [0, 0.05) is 37.1 Å². The van der Waals surface area contributed by atoms with E-state index in [-0.39, 0.29) is 17.6 Å². The van der Waals surface area contributed by atoms with E-state index < -0.39 is 5.97 Å². The summed E-state index contributed by atoms with van der Waals surface area (Å²) < 4.78 is 10.1. The number of aromatic nitrogens is 2. The average Bonchev–Trinajstić information content (AvgIpc) is 3.25. The lowest BCUT2D eigenvalue weighted by Gasteiger charge is -2.18. The summed E-state index contributed by atoms with van der Waals surface area (Å²) in [6, 6.07) is 1.64. The van der Waals surface area contributed by atoms with Crippen LogP contribution in [0.5, 0.6) is 0 Å². The number of H-pyrrole nitrogens is 1. The van der Waals surface area contributed by atoms with Crippen LogP contribution in [0, 0.1) is 12.8 Å². The maximum absolute atomic E-state index is 12.2. The minimum absolute atomic E-state index is 0.0623. The number of furan rings is 1. The predicted molar refractivity (Wildman–Crippen MR) is 91.1 cm³/mol. The van der Waals surface area contributed by atoms with E-state index >= 15 is 0 Å². The summed E-state index contributed by atoms with van der Waals surface area (Å²) >= 11 is 0. The Morgan fingerprint density at radius 1 is 1.52 bits per heavy atom. The molecule has 0 saturated carbocycles. The number of nitrogens with one attached hydrogen (secondary N) is 1. The van der Waals surface area contributed by atoms with Crippen LogP contribution in [0.4, 0.5) is 0 Å². The second kappa shape index (κ2) is 6.74. The highest BCUT2D eigenvalue weighted by molar-refractivity contribution is 5.88. The second-order valence-corrected chi connectivity index (χ2v) is 6.85. The third-order valence-electron chi connectivity index (χ3n) is 4.38. The number of nitrogens with zero attached hydrogens (tertiary/aromatic N) is 2. The summed E-state index contributed by atoms with van der Waals surface area (Å²) in [5.74, 6) is 1.72. The quantitative estimate of drug-likeness (QED) is 0.842. The lowest BCUT2D eigenvalue weighted by Crippen LogP contribution is -2.29. The van der Waals surface area contributed by atoms with Crippen LogP contribution in [0.15, 0.2) is 16.7 Å². The molecule has 3 rings (SSSR count). The van der Waals surface area contributed by atoms with Crippen molar-refractivity contribution in [2.75, 3.05) is 20.2 Å². The standard InChI is InChI=1S/C18H23N3O4/c1-10(2)8-21-9-12(5-16(21)22)17-19-7-14(20-17)13-6-15(18(23)24-4)25-11(13)3/h6-7,10,12H,5,8-9H2,1-4H3,(H,19,20)/t12-/m0/s1. The predicted octanol–water partition coefficient (Wildman–Crippen LogP) is 2.74. The van der Waals surface area contributed by atoms with Gasteiger partial charge in [-0.25, -0.2) is 9.78 Å². The van der Waals surface area contributed by atoms with E-state index in [2.05, 4.69) is 28.6 Å². The Morgan fingerprint density at radius 2 is 2.28 bits per heavy atom. The Balaban J connectivity index is 1.78. The summed E-state index contributed by atoms with van der Waals surface area (Å²) in [5.41, 5.74) is 1.53. The van der Waals surface area contributed by atoms with Crippen LogP contribution in [0.1, 0.15) is 48.3 Å². The largest absolute Gasteiger partial charge is 0.463 e. The molecule has 1 amide bonds. The van der Waals surface area contributed by atoms with Crippen LogP contribution in [-0.2, 0) is 9.53 Å². The molecule has 0 aliphatic carbocycles. The lowest BCUT2D eigenvalue weighted by atomic mass is 10.1. The van der Waals surface area contributed by atoms with Crippen LogP contribution in [0.25, 0.3) is 11.3 Å². The van der Waals surface area contributed by atoms with Crippen LogP contribution in [0.2, 0.25) is 0 Å². The zero-order valence-electron chi connectivity index (χ0n) is 15.0. The summed E-state index contributed by atoms with van der Waals surface area (Å²) in [6.07, 6.45) is 2.18. The zero-order valence-corrected chi connectivity index (χ0v) is 15.0. The van der Waals surface area contributed by atoms with E-state index in [0.717, 1.165) is 23.6 Å². The van der Waals surface area contributed by atoms with Crippen LogP contribution >= 0.6 is 0 Å². The van der Waals surface area contributed by atoms with Gasteiger partial charge in [-0.05, 0) is 12.8 Å². The summed E-state index contributed by atoms with van der Waals surface area (Å²) in [6.45, 7) is 7.44. The molecule has 2 aromatic rings. The molecule has 1 fully saturated rings. The first-order valence-corrected chi connectivity index (χ1v) is 8.40. The van der Waals surface area contributed by atoms with Gasteiger partial charge in [0.2, 0.25) is 11.7 Å². The molecule has 0 spiro atoms. The number of methoxy groups -OCH3 is 1. The Labute approximate surface area is 146 Å². The number of hydrogen-bond acceptors (Lipinski definition) is 5. The van der Waals surface area contributed by atoms with Gasteiger partial charge in [-0.15, -0.1) is 0 Å². The van der Waals surface area contributed by atoms with Crippen LogP contribution in [-0.4, -0.2) is 46.9 Å². The van der Waals surface area contributed by atoms with Gasteiger partial charge < -0.3 is 19.0 Å². The molecule has 0 bridgehead atoms. The number of rotatable bonds is 5. The number of imidazole rings is 1. The van der Waals surface area contributed by atoms with Gasteiger partial charge in [-0.3, -0.25) is 4.79 Å². The number of carbonyl (C=O) groups is 2. The van der Waals surface area contributed by atoms with Crippen molar-refractivity contribution in [1.29, 1.82) is 0 Å². The van der Waals surface area contributed by atoms with Gasteiger partial charge in [-0.1, -0.05) is 13.8 Å². The molecule has 25 heavy (non-hydrogen) atoms. The first-order valence-electron chi connectivity index (χ1n) is 8.40. The maximum atomic E-state index is 12.2. The fraction of sp³-hybridized carbons (Fsp3) is 0.500. The number of carbonyl (C=O) groups excluding carboxylic acids is 2. The van der Waals surface area contributed by atoms with Gasteiger partial charge >= 0.3 is 5.97 Å². The van der Waals surface area contributed by atoms with E-state index in [1.165, 1.54) is 7.11 Å². The van der Waals surface area contributed by atoms with Crippen molar-refractivity contribution >= 4 is 11.9 Å². The molecule has 1 saturated heterocycles. The minimum atomic E-state index is -0.514. The highest BCUT2D eigenvalue weighted by Gasteiger charge is 2.32. The fourth-order valence-electron chi connectivity index (χ4n) is 3.20. The first kappa shape index (κ1) is 17.3. The molecule has 1 atom stereocenters. The van der Waals surface area contributed by atoms with E-state index in [1.807, 2.05) is 4.90 Å². The smallest absolute Gasteiger partial charge is 0.373 e. The molecule has 7 nitrogen and oxygen atoms in total. The summed E-state index contributed by atoms with van der Waals surface area (Å²) in [4.78, 5) is 33.4. The van der Waals surface area contributed by atoms with Gasteiger partial charge in [0.1, 0.15) is 11.6 Å². The SMILES string of the molecule is COC(=O)c1cc(-c2cnc([C@H]3CC(=O)N(CC(C)C)C3)[nH]2)c(C)o1. The third-order valence-corrected chi connectivity index (χ3v) is 4.38. The third kappa shape index (κ3) is 3.45. The Morgan fingerprint density at radius 3 is 2.96 bits per heavy atom. The van der Waals surface area contributed by atoms with Crippen molar-refractivity contribution in [3.8, 4) is 11.3 Å². The van der Waals surface area contributed by atoms with Crippen molar-refractivity contribution in [2.24, 2.45) is 5.92 Å². The molecule has 0 unspecified atom stereocenters. The second-order valence-electron chi connectivity index (χ2n) is 6.85. The van der Waals surface area contributed by atoms with Crippen molar-refractivity contribution in [1.82, 2.24) is 14.9 Å². The van der Waals surface area contributed by atoms with E-state index in [0.29, 0.717) is 24.6 Å². The van der Waals surface area contributed by atoms with Gasteiger partial charge in [0.25, 0.3) is 0 Å². The highest BCUT2D eigenvalue weighted by atomic mass is 16.5. The molecular weight excluding hydrogens is 322 g/mol. The molecule has 3 heterocycles. The van der Waals surface area contributed by atoms with Gasteiger partial charge in [-0.2, -0.15) is 0 Å². The monoisotopic (exact) mass is 345 g/mol. The van der Waals surface area contributed by atoms with E-state index in [4.69, 9.17) is 4.42 Å². The van der Waals surface area contributed by atoms with Crippen molar-refractivity contribution in [2.45, 2.75) is 33.1 Å². The number of amides is 1. The maximum Gasteiger partial charge on any atom is 0.373 e. The highest BCUT2D eigenvalue weighted by Crippen LogP contribution is 2.30. The fourth-order valence-corrected chi connectivity index (χ4v) is 3.20. The van der Waals surface area contributed by atoms with Crippen LogP contribution < -0.4 is 0 Å². The average molecular weight is 345 g/mol. The van der Waals surface area contributed by atoms with Gasteiger partial charge in [0.15, 0.2) is 0 Å². The number of likely N-dealkylation sites (tertiary alicyclic amines) is 1. The molecule has 1 N–H and O–H groups in total. The molecule has 0 aromatic carbocycles. The molecule has 1 aliphatic heterocycles. The normalized spacial score (nSPS) is 17.6. The first-order chi connectivity index (χ1) is 11.9. The zero-order chi connectivity index (χ0) is 18.1. The number of ether oxygens (including phenoxy) is 1. The topological polar surface area (TPSA) is 88.4 Å². The minimum Gasteiger partial charge on any atom is -0.463 e. The van der Waals surface area contributed by atoms with Crippen molar-refractivity contribution < 1.29 is 18.7 Å². The number of hydrogen-bond donors (Lipinski definition) is 1. The van der Waals surface area contributed by atoms with Crippen LogP contribution in [0.3, 0.4) is 0 Å². The van der Waals surface area contributed by atoms with E-state index in [1.54, 1.807) is 19.2 Å². The number of aryl methyl sites for hydroxylation is 1.